The summed E-state index contributed by atoms with van der Waals surface area (Å²) in [6, 6.07) is 13.0. The number of anilines is 1. The molecule has 0 aliphatic carbocycles. The Morgan fingerprint density at radius 3 is 2.45 bits per heavy atom. The maximum Gasteiger partial charge on any atom is 0.251 e. The summed E-state index contributed by atoms with van der Waals surface area (Å²) in [4.78, 5) is 37.1. The lowest BCUT2D eigenvalue weighted by Crippen LogP contribution is -2.50. The zero-order chi connectivity index (χ0) is 22.8. The molecule has 166 valence electrons. The van der Waals surface area contributed by atoms with Gasteiger partial charge in [0.1, 0.15) is 12.6 Å². The SMILES string of the molecule is CCC(C)C(NC(=O)c1ccc(Cl)cc1)C(=O)NCc1cccc(NC(=O)COC)c1. The van der Waals surface area contributed by atoms with Gasteiger partial charge in [0.2, 0.25) is 11.8 Å². The van der Waals surface area contributed by atoms with Gasteiger partial charge in [-0.25, -0.2) is 0 Å². The highest BCUT2D eigenvalue weighted by molar-refractivity contribution is 6.30. The molecule has 0 bridgehead atoms. The number of benzene rings is 2. The third kappa shape index (κ3) is 7.70. The zero-order valence-electron chi connectivity index (χ0n) is 17.9. The molecular weight excluding hydrogens is 418 g/mol. The second kappa shape index (κ2) is 12.1. The molecule has 31 heavy (non-hydrogen) atoms. The van der Waals surface area contributed by atoms with Gasteiger partial charge in [0, 0.05) is 29.9 Å². The molecule has 2 rings (SSSR count). The lowest BCUT2D eigenvalue weighted by Gasteiger charge is -2.23. The summed E-state index contributed by atoms with van der Waals surface area (Å²) < 4.78 is 4.80. The maximum atomic E-state index is 12.9. The minimum Gasteiger partial charge on any atom is -0.375 e. The monoisotopic (exact) mass is 445 g/mol. The molecule has 0 saturated carbocycles. The van der Waals surface area contributed by atoms with E-state index < -0.39 is 6.04 Å². The van der Waals surface area contributed by atoms with Gasteiger partial charge in [-0.15, -0.1) is 0 Å². The van der Waals surface area contributed by atoms with Crippen LogP contribution in [-0.2, 0) is 20.9 Å². The van der Waals surface area contributed by atoms with Crippen molar-refractivity contribution in [1.82, 2.24) is 10.6 Å². The van der Waals surface area contributed by atoms with Crippen molar-refractivity contribution in [2.75, 3.05) is 19.0 Å². The molecule has 0 radical (unpaired) electrons. The standard InChI is InChI=1S/C23H28ClN3O4/c1-4-15(2)21(27-22(29)17-8-10-18(24)11-9-17)23(30)25-13-16-6-5-7-19(12-16)26-20(28)14-31-3/h5-12,15,21H,4,13-14H2,1-3H3,(H,25,30)(H,26,28)(H,27,29). The number of ether oxygens (including phenoxy) is 1. The number of hydrogen-bond donors (Lipinski definition) is 3. The van der Waals surface area contributed by atoms with Gasteiger partial charge < -0.3 is 20.7 Å². The maximum absolute atomic E-state index is 12.9. The molecule has 0 saturated heterocycles. The summed E-state index contributed by atoms with van der Waals surface area (Å²) in [7, 11) is 1.45. The summed E-state index contributed by atoms with van der Waals surface area (Å²) >= 11 is 5.87. The Morgan fingerprint density at radius 1 is 1.10 bits per heavy atom. The quantitative estimate of drug-likeness (QED) is 0.522. The van der Waals surface area contributed by atoms with E-state index in [2.05, 4.69) is 16.0 Å². The lowest BCUT2D eigenvalue weighted by atomic mass is 9.97. The number of nitrogens with one attached hydrogen (secondary N) is 3. The van der Waals surface area contributed by atoms with E-state index >= 15 is 0 Å². The Morgan fingerprint density at radius 2 is 1.81 bits per heavy atom. The molecule has 0 aromatic heterocycles. The Labute approximate surface area is 187 Å². The van der Waals surface area contributed by atoms with E-state index in [-0.39, 0.29) is 36.8 Å². The third-order valence-electron chi connectivity index (χ3n) is 4.84. The Bertz CT molecular complexity index is 902. The summed E-state index contributed by atoms with van der Waals surface area (Å²) in [5.74, 6) is -0.924. The van der Waals surface area contributed by atoms with Crippen molar-refractivity contribution >= 4 is 35.0 Å². The Hall–Kier alpha value is -2.90. The molecule has 0 spiro atoms. The fraction of sp³-hybridized carbons (Fsp3) is 0.348. The van der Waals surface area contributed by atoms with Crippen molar-refractivity contribution in [2.45, 2.75) is 32.9 Å². The molecule has 2 unspecified atom stereocenters. The van der Waals surface area contributed by atoms with Crippen LogP contribution in [0.15, 0.2) is 48.5 Å². The van der Waals surface area contributed by atoms with Gasteiger partial charge in [0.05, 0.1) is 0 Å². The van der Waals surface area contributed by atoms with Gasteiger partial charge >= 0.3 is 0 Å². The minimum atomic E-state index is -0.683. The molecular formula is C23H28ClN3O4. The molecule has 0 heterocycles. The van der Waals surface area contributed by atoms with Crippen LogP contribution in [0.25, 0.3) is 0 Å². The summed E-state index contributed by atoms with van der Waals surface area (Å²) in [6.07, 6.45) is 0.722. The van der Waals surface area contributed by atoms with Crippen LogP contribution in [0.1, 0.15) is 36.2 Å². The van der Waals surface area contributed by atoms with Gasteiger partial charge in [0.15, 0.2) is 0 Å². The van der Waals surface area contributed by atoms with Crippen molar-refractivity contribution in [2.24, 2.45) is 5.92 Å². The highest BCUT2D eigenvalue weighted by atomic mass is 35.5. The van der Waals surface area contributed by atoms with Crippen LogP contribution in [0, 0.1) is 5.92 Å². The third-order valence-corrected chi connectivity index (χ3v) is 5.09. The van der Waals surface area contributed by atoms with Gasteiger partial charge in [-0.05, 0) is 47.9 Å². The van der Waals surface area contributed by atoms with E-state index in [1.807, 2.05) is 19.9 Å². The molecule has 2 aromatic rings. The van der Waals surface area contributed by atoms with E-state index in [4.69, 9.17) is 16.3 Å². The van der Waals surface area contributed by atoms with Crippen LogP contribution >= 0.6 is 11.6 Å². The number of carbonyl (C=O) groups is 3. The van der Waals surface area contributed by atoms with E-state index in [1.165, 1.54) is 7.11 Å². The molecule has 3 N–H and O–H groups in total. The first-order valence-electron chi connectivity index (χ1n) is 10.1. The number of halogens is 1. The molecule has 2 aromatic carbocycles. The van der Waals surface area contributed by atoms with Crippen molar-refractivity contribution < 1.29 is 19.1 Å². The van der Waals surface area contributed by atoms with Crippen LogP contribution in [0.5, 0.6) is 0 Å². The predicted octanol–water partition coefficient (Wildman–Crippen LogP) is 3.39. The number of methoxy groups -OCH3 is 1. The fourth-order valence-electron chi connectivity index (χ4n) is 2.91. The molecule has 2 atom stereocenters. The zero-order valence-corrected chi connectivity index (χ0v) is 18.7. The topological polar surface area (TPSA) is 96.5 Å². The van der Waals surface area contributed by atoms with Crippen LogP contribution in [0.2, 0.25) is 5.02 Å². The summed E-state index contributed by atoms with van der Waals surface area (Å²) in [5, 5.41) is 8.96. The fourth-order valence-corrected chi connectivity index (χ4v) is 3.04. The van der Waals surface area contributed by atoms with Crippen molar-refractivity contribution in [1.29, 1.82) is 0 Å². The number of carbonyl (C=O) groups excluding carboxylic acids is 3. The Kier molecular flexibility index (Phi) is 9.49. The van der Waals surface area contributed by atoms with Crippen LogP contribution < -0.4 is 16.0 Å². The first kappa shape index (κ1) is 24.4. The van der Waals surface area contributed by atoms with E-state index in [0.717, 1.165) is 12.0 Å². The number of amides is 3. The average molecular weight is 446 g/mol. The molecule has 8 heteroatoms. The second-order valence-corrected chi connectivity index (χ2v) is 7.68. The first-order valence-corrected chi connectivity index (χ1v) is 10.4. The largest absolute Gasteiger partial charge is 0.375 e. The van der Waals surface area contributed by atoms with Crippen molar-refractivity contribution in [3.63, 3.8) is 0 Å². The van der Waals surface area contributed by atoms with Crippen molar-refractivity contribution in [3.05, 3.63) is 64.7 Å². The Balaban J connectivity index is 2.01. The molecule has 7 nitrogen and oxygen atoms in total. The average Bonchev–Trinajstić information content (AvgIpc) is 2.76. The van der Waals surface area contributed by atoms with E-state index in [0.29, 0.717) is 16.3 Å². The lowest BCUT2D eigenvalue weighted by molar-refractivity contribution is -0.124. The van der Waals surface area contributed by atoms with Gasteiger partial charge in [0.25, 0.3) is 5.91 Å². The van der Waals surface area contributed by atoms with E-state index in [9.17, 15) is 14.4 Å². The van der Waals surface area contributed by atoms with Crippen molar-refractivity contribution in [3.8, 4) is 0 Å². The first-order chi connectivity index (χ1) is 14.8. The molecule has 0 aliphatic heterocycles. The minimum absolute atomic E-state index is 0.0368. The normalized spacial score (nSPS) is 12.5. The van der Waals surface area contributed by atoms with Crippen LogP contribution in [-0.4, -0.2) is 37.5 Å². The highest BCUT2D eigenvalue weighted by Crippen LogP contribution is 2.14. The smallest absolute Gasteiger partial charge is 0.251 e. The number of hydrogen-bond acceptors (Lipinski definition) is 4. The molecule has 3 amide bonds. The van der Waals surface area contributed by atoms with Gasteiger partial charge in [-0.1, -0.05) is 44.0 Å². The molecule has 0 aliphatic rings. The van der Waals surface area contributed by atoms with Crippen LogP contribution in [0.4, 0.5) is 5.69 Å². The number of rotatable bonds is 10. The van der Waals surface area contributed by atoms with Crippen LogP contribution in [0.3, 0.4) is 0 Å². The second-order valence-electron chi connectivity index (χ2n) is 7.24. The highest BCUT2D eigenvalue weighted by Gasteiger charge is 2.26. The predicted molar refractivity (Wildman–Crippen MR) is 121 cm³/mol. The summed E-state index contributed by atoms with van der Waals surface area (Å²) in [6.45, 7) is 4.10. The van der Waals surface area contributed by atoms with E-state index in [1.54, 1.807) is 42.5 Å². The molecule has 0 fully saturated rings. The van der Waals surface area contributed by atoms with Gasteiger partial charge in [-0.3, -0.25) is 14.4 Å². The van der Waals surface area contributed by atoms with Gasteiger partial charge in [-0.2, -0.15) is 0 Å². The summed E-state index contributed by atoms with van der Waals surface area (Å²) in [5.41, 5.74) is 1.86.